The molecule has 3 rings (SSSR count). The minimum Gasteiger partial charge on any atom is -0.274 e. The topological polar surface area (TPSA) is 74.1 Å². The number of nitriles is 1. The Hall–Kier alpha value is -2.17. The van der Waals surface area contributed by atoms with Crippen LogP contribution in [0.25, 0.3) is 0 Å². The van der Waals surface area contributed by atoms with Crippen molar-refractivity contribution in [2.45, 2.75) is 30.5 Å². The number of aromatic nitrogens is 1. The summed E-state index contributed by atoms with van der Waals surface area (Å²) in [6, 6.07) is 11.0. The molecule has 1 saturated heterocycles. The van der Waals surface area contributed by atoms with Crippen LogP contribution in [0.1, 0.15) is 23.2 Å². The standard InChI is InChI=1S/C18H14BrN3O2S/c1-10-7-11(2)21-17(14(10)9-20)25-15-8-16(23)22(18(15)24)13-5-3-12(19)4-6-13/h3-7,15H,8H2,1-2H3. The smallest absolute Gasteiger partial charge is 0.247 e. The van der Waals surface area contributed by atoms with E-state index in [4.69, 9.17) is 0 Å². The number of hydrogen-bond donors (Lipinski definition) is 0. The Labute approximate surface area is 158 Å². The number of benzene rings is 1. The first-order valence-electron chi connectivity index (χ1n) is 7.58. The molecule has 0 radical (unpaired) electrons. The van der Waals surface area contributed by atoms with Gasteiger partial charge in [-0.05, 0) is 49.7 Å². The van der Waals surface area contributed by atoms with E-state index in [1.54, 1.807) is 24.3 Å². The van der Waals surface area contributed by atoms with E-state index in [0.29, 0.717) is 16.3 Å². The third-order valence-electron chi connectivity index (χ3n) is 3.87. The molecule has 126 valence electrons. The number of anilines is 1. The molecule has 0 bridgehead atoms. The lowest BCUT2D eigenvalue weighted by Gasteiger charge is -2.15. The van der Waals surface area contributed by atoms with Crippen molar-refractivity contribution in [2.75, 3.05) is 4.90 Å². The van der Waals surface area contributed by atoms with Gasteiger partial charge in [0.2, 0.25) is 11.8 Å². The Morgan fingerprint density at radius 1 is 1.28 bits per heavy atom. The lowest BCUT2D eigenvalue weighted by atomic mass is 10.1. The van der Waals surface area contributed by atoms with Gasteiger partial charge < -0.3 is 0 Å². The van der Waals surface area contributed by atoms with Gasteiger partial charge in [-0.3, -0.25) is 9.59 Å². The highest BCUT2D eigenvalue weighted by Gasteiger charge is 2.40. The summed E-state index contributed by atoms with van der Waals surface area (Å²) in [5, 5.41) is 9.30. The molecule has 1 aliphatic heterocycles. The fraction of sp³-hybridized carbons (Fsp3) is 0.222. The highest BCUT2D eigenvalue weighted by atomic mass is 79.9. The van der Waals surface area contributed by atoms with E-state index in [1.807, 2.05) is 19.9 Å². The van der Waals surface area contributed by atoms with E-state index in [1.165, 1.54) is 16.7 Å². The largest absolute Gasteiger partial charge is 0.274 e. The van der Waals surface area contributed by atoms with Crippen molar-refractivity contribution >= 4 is 45.2 Å². The molecule has 0 N–H and O–H groups in total. The molecular formula is C18H14BrN3O2S. The number of carbonyl (C=O) groups is 2. The highest BCUT2D eigenvalue weighted by Crippen LogP contribution is 2.35. The maximum absolute atomic E-state index is 12.7. The molecule has 7 heteroatoms. The minimum absolute atomic E-state index is 0.0963. The van der Waals surface area contributed by atoms with Gasteiger partial charge in [0.05, 0.1) is 16.5 Å². The second kappa shape index (κ2) is 6.98. The van der Waals surface area contributed by atoms with Crippen molar-refractivity contribution in [1.82, 2.24) is 4.98 Å². The molecule has 1 unspecified atom stereocenters. The van der Waals surface area contributed by atoms with Crippen LogP contribution in [-0.2, 0) is 9.59 Å². The summed E-state index contributed by atoms with van der Waals surface area (Å²) in [5.41, 5.74) is 2.60. The second-order valence-electron chi connectivity index (χ2n) is 5.73. The van der Waals surface area contributed by atoms with Crippen LogP contribution in [0, 0.1) is 25.2 Å². The number of rotatable bonds is 3. The lowest BCUT2D eigenvalue weighted by molar-refractivity contribution is -0.121. The number of imide groups is 1. The lowest BCUT2D eigenvalue weighted by Crippen LogP contribution is -2.31. The van der Waals surface area contributed by atoms with Crippen LogP contribution in [0.4, 0.5) is 5.69 Å². The van der Waals surface area contributed by atoms with Crippen molar-refractivity contribution in [3.05, 3.63) is 51.6 Å². The van der Waals surface area contributed by atoms with E-state index in [9.17, 15) is 14.9 Å². The van der Waals surface area contributed by atoms with Crippen LogP contribution in [0.5, 0.6) is 0 Å². The molecule has 25 heavy (non-hydrogen) atoms. The monoisotopic (exact) mass is 415 g/mol. The van der Waals surface area contributed by atoms with Crippen molar-refractivity contribution in [3.8, 4) is 6.07 Å². The molecule has 0 saturated carbocycles. The average Bonchev–Trinajstić information content (AvgIpc) is 2.82. The summed E-state index contributed by atoms with van der Waals surface area (Å²) >= 11 is 4.53. The molecule has 1 aromatic carbocycles. The molecule has 2 heterocycles. The summed E-state index contributed by atoms with van der Waals surface area (Å²) in [6.07, 6.45) is 0.0963. The van der Waals surface area contributed by atoms with Crippen LogP contribution in [0.3, 0.4) is 0 Å². The summed E-state index contributed by atoms with van der Waals surface area (Å²) in [4.78, 5) is 30.7. The van der Waals surface area contributed by atoms with E-state index in [2.05, 4.69) is 27.0 Å². The van der Waals surface area contributed by atoms with Gasteiger partial charge in [0.15, 0.2) is 0 Å². The molecule has 2 aromatic rings. The Kier molecular flexibility index (Phi) is 4.93. The van der Waals surface area contributed by atoms with Gasteiger partial charge in [-0.25, -0.2) is 9.88 Å². The first-order valence-corrected chi connectivity index (χ1v) is 9.25. The first-order chi connectivity index (χ1) is 11.9. The summed E-state index contributed by atoms with van der Waals surface area (Å²) < 4.78 is 0.874. The van der Waals surface area contributed by atoms with Crippen LogP contribution in [0.15, 0.2) is 39.8 Å². The zero-order chi connectivity index (χ0) is 18.1. The van der Waals surface area contributed by atoms with Crippen LogP contribution in [0.2, 0.25) is 0 Å². The number of thioether (sulfide) groups is 1. The van der Waals surface area contributed by atoms with Gasteiger partial charge in [0.1, 0.15) is 11.1 Å². The maximum atomic E-state index is 12.7. The molecule has 5 nitrogen and oxygen atoms in total. The molecule has 1 fully saturated rings. The van der Waals surface area contributed by atoms with Gasteiger partial charge in [-0.2, -0.15) is 5.26 Å². The Morgan fingerprint density at radius 2 is 1.96 bits per heavy atom. The molecule has 1 aromatic heterocycles. The third kappa shape index (κ3) is 3.46. The third-order valence-corrected chi connectivity index (χ3v) is 5.57. The molecule has 0 aliphatic carbocycles. The van der Waals surface area contributed by atoms with E-state index in [0.717, 1.165) is 15.7 Å². The number of carbonyl (C=O) groups excluding carboxylic acids is 2. The van der Waals surface area contributed by atoms with Crippen LogP contribution >= 0.6 is 27.7 Å². The Bertz CT molecular complexity index is 906. The minimum atomic E-state index is -0.572. The molecule has 1 aliphatic rings. The predicted molar refractivity (Wildman–Crippen MR) is 99.3 cm³/mol. The van der Waals surface area contributed by atoms with Gasteiger partial charge in [0, 0.05) is 16.6 Å². The number of halogens is 1. The number of aryl methyl sites for hydroxylation is 2. The van der Waals surface area contributed by atoms with Gasteiger partial charge >= 0.3 is 0 Å². The predicted octanol–water partition coefficient (Wildman–Crippen LogP) is 3.76. The number of nitrogens with zero attached hydrogens (tertiary/aromatic N) is 3. The highest BCUT2D eigenvalue weighted by molar-refractivity contribution is 9.10. The quantitative estimate of drug-likeness (QED) is 0.713. The molecule has 2 amide bonds. The van der Waals surface area contributed by atoms with E-state index >= 15 is 0 Å². The SMILES string of the molecule is Cc1cc(C)c(C#N)c(SC2CC(=O)N(c3ccc(Br)cc3)C2=O)n1. The Balaban J connectivity index is 1.89. The van der Waals surface area contributed by atoms with Crippen molar-refractivity contribution < 1.29 is 9.59 Å². The number of pyridine rings is 1. The van der Waals surface area contributed by atoms with Crippen molar-refractivity contribution in [3.63, 3.8) is 0 Å². The average molecular weight is 416 g/mol. The van der Waals surface area contributed by atoms with Crippen molar-refractivity contribution in [2.24, 2.45) is 0 Å². The molecule has 0 spiro atoms. The normalized spacial score (nSPS) is 17.0. The molecule has 1 atom stereocenters. The van der Waals surface area contributed by atoms with Crippen LogP contribution in [-0.4, -0.2) is 22.0 Å². The summed E-state index contributed by atoms with van der Waals surface area (Å²) in [7, 11) is 0. The Morgan fingerprint density at radius 3 is 2.60 bits per heavy atom. The van der Waals surface area contributed by atoms with Crippen LogP contribution < -0.4 is 4.90 Å². The van der Waals surface area contributed by atoms with E-state index in [-0.39, 0.29) is 18.2 Å². The van der Waals surface area contributed by atoms with E-state index < -0.39 is 5.25 Å². The molecular weight excluding hydrogens is 402 g/mol. The van der Waals surface area contributed by atoms with Gasteiger partial charge in [0.25, 0.3) is 0 Å². The van der Waals surface area contributed by atoms with Crippen molar-refractivity contribution in [1.29, 1.82) is 5.26 Å². The van der Waals surface area contributed by atoms with Gasteiger partial charge in [-0.15, -0.1) is 0 Å². The fourth-order valence-corrected chi connectivity index (χ4v) is 4.20. The number of amides is 2. The second-order valence-corrected chi connectivity index (χ2v) is 7.83. The zero-order valence-corrected chi connectivity index (χ0v) is 16.0. The zero-order valence-electron chi connectivity index (χ0n) is 13.6. The first kappa shape index (κ1) is 17.6. The maximum Gasteiger partial charge on any atom is 0.247 e. The number of hydrogen-bond acceptors (Lipinski definition) is 5. The fourth-order valence-electron chi connectivity index (χ4n) is 2.72. The summed E-state index contributed by atoms with van der Waals surface area (Å²) in [6.45, 7) is 3.68. The summed E-state index contributed by atoms with van der Waals surface area (Å²) in [5.74, 6) is -0.519. The van der Waals surface area contributed by atoms with Gasteiger partial charge in [-0.1, -0.05) is 27.7 Å².